The van der Waals surface area contributed by atoms with Gasteiger partial charge in [0.15, 0.2) is 0 Å². The molecule has 2 atom stereocenters. The second-order valence-electron chi connectivity index (χ2n) is 4.76. The summed E-state index contributed by atoms with van der Waals surface area (Å²) in [5, 5.41) is 0. The minimum Gasteiger partial charge on any atom is -0.340 e. The first-order valence-corrected chi connectivity index (χ1v) is 6.87. The Balaban J connectivity index is 1.98. The van der Waals surface area contributed by atoms with E-state index in [1.54, 1.807) is 16.2 Å². The molecule has 1 aromatic rings. The van der Waals surface area contributed by atoms with Crippen LogP contribution in [0.2, 0.25) is 0 Å². The zero-order chi connectivity index (χ0) is 12.4. The van der Waals surface area contributed by atoms with Crippen LogP contribution in [0.4, 0.5) is 0 Å². The molecular weight excluding hydrogens is 234 g/mol. The molecule has 0 radical (unpaired) electrons. The van der Waals surface area contributed by atoms with Crippen molar-refractivity contribution in [2.45, 2.75) is 38.8 Å². The molecule has 2 rings (SSSR count). The molecule has 2 unspecified atom stereocenters. The van der Waals surface area contributed by atoms with Gasteiger partial charge in [0.2, 0.25) is 5.91 Å². The molecule has 1 aliphatic rings. The summed E-state index contributed by atoms with van der Waals surface area (Å²) in [6.45, 7) is 2.63. The summed E-state index contributed by atoms with van der Waals surface area (Å²) in [4.78, 5) is 19.4. The second-order valence-corrected chi connectivity index (χ2v) is 5.70. The first-order chi connectivity index (χ1) is 8.09. The normalized spacial score (nSPS) is 23.9. The van der Waals surface area contributed by atoms with Crippen LogP contribution >= 0.6 is 11.3 Å². The fourth-order valence-corrected chi connectivity index (χ4v) is 3.18. The zero-order valence-corrected chi connectivity index (χ0v) is 11.2. The van der Waals surface area contributed by atoms with E-state index < -0.39 is 0 Å². The Morgan fingerprint density at radius 1 is 1.65 bits per heavy atom. The van der Waals surface area contributed by atoms with Crippen molar-refractivity contribution in [3.8, 4) is 0 Å². The lowest BCUT2D eigenvalue weighted by atomic mass is 10.0. The van der Waals surface area contributed by atoms with Crippen LogP contribution in [0.1, 0.15) is 29.8 Å². The van der Waals surface area contributed by atoms with Crippen LogP contribution in [-0.2, 0) is 11.3 Å². The molecule has 2 N–H and O–H groups in total. The molecule has 94 valence electrons. The number of nitrogens with zero attached hydrogens (tertiary/aromatic N) is 2. The maximum Gasteiger partial charge on any atom is 0.227 e. The van der Waals surface area contributed by atoms with E-state index in [0.29, 0.717) is 6.54 Å². The van der Waals surface area contributed by atoms with Gasteiger partial charge in [-0.3, -0.25) is 4.79 Å². The maximum atomic E-state index is 12.2. The smallest absolute Gasteiger partial charge is 0.227 e. The third-order valence-electron chi connectivity index (χ3n) is 3.49. The third kappa shape index (κ3) is 2.66. The van der Waals surface area contributed by atoms with E-state index in [4.69, 9.17) is 5.73 Å². The summed E-state index contributed by atoms with van der Waals surface area (Å²) in [7, 11) is 1.85. The highest BCUT2D eigenvalue weighted by atomic mass is 32.1. The summed E-state index contributed by atoms with van der Waals surface area (Å²) >= 11 is 1.60. The van der Waals surface area contributed by atoms with Crippen molar-refractivity contribution in [1.29, 1.82) is 0 Å². The molecular formula is C12H19N3OS. The Kier molecular flexibility index (Phi) is 3.79. The number of aromatic nitrogens is 1. The summed E-state index contributed by atoms with van der Waals surface area (Å²) in [6, 6.07) is 0.0486. The Hall–Kier alpha value is -0.940. The molecule has 1 amide bonds. The maximum absolute atomic E-state index is 12.2. The summed E-state index contributed by atoms with van der Waals surface area (Å²) in [6.07, 6.45) is 2.99. The summed E-state index contributed by atoms with van der Waals surface area (Å²) < 4.78 is 0. The molecule has 4 nitrogen and oxygen atoms in total. The quantitative estimate of drug-likeness (QED) is 0.889. The van der Waals surface area contributed by atoms with Gasteiger partial charge in [-0.15, -0.1) is 11.3 Å². The van der Waals surface area contributed by atoms with Crippen molar-refractivity contribution in [2.24, 2.45) is 11.7 Å². The van der Waals surface area contributed by atoms with Gasteiger partial charge in [-0.1, -0.05) is 6.42 Å². The van der Waals surface area contributed by atoms with Gasteiger partial charge in [-0.25, -0.2) is 4.98 Å². The van der Waals surface area contributed by atoms with Crippen LogP contribution in [0.15, 0.2) is 5.51 Å². The number of nitrogens with two attached hydrogens (primary N) is 1. The Bertz CT molecular complexity index is 404. The average molecular weight is 253 g/mol. The van der Waals surface area contributed by atoms with Crippen LogP contribution in [-0.4, -0.2) is 28.9 Å². The molecule has 0 aliphatic heterocycles. The second kappa shape index (κ2) is 5.14. The molecule has 0 spiro atoms. The van der Waals surface area contributed by atoms with E-state index >= 15 is 0 Å². The van der Waals surface area contributed by atoms with Gasteiger partial charge in [0.05, 0.1) is 23.7 Å². The number of thiazole rings is 1. The SMILES string of the molecule is Cc1ncsc1CN(C)C(=O)C1CCCC1N. The highest BCUT2D eigenvalue weighted by Crippen LogP contribution is 2.26. The van der Waals surface area contributed by atoms with E-state index in [1.165, 1.54) is 0 Å². The molecule has 1 heterocycles. The molecule has 5 heteroatoms. The lowest BCUT2D eigenvalue weighted by Crippen LogP contribution is -2.39. The van der Waals surface area contributed by atoms with Crippen LogP contribution in [0, 0.1) is 12.8 Å². The minimum absolute atomic E-state index is 0.0215. The van der Waals surface area contributed by atoms with Crippen molar-refractivity contribution < 1.29 is 4.79 Å². The van der Waals surface area contributed by atoms with E-state index in [1.807, 2.05) is 19.5 Å². The molecule has 1 saturated carbocycles. The molecule has 0 saturated heterocycles. The van der Waals surface area contributed by atoms with Crippen LogP contribution in [0.3, 0.4) is 0 Å². The van der Waals surface area contributed by atoms with Crippen molar-refractivity contribution >= 4 is 17.2 Å². The predicted octanol–water partition coefficient (Wildman–Crippen LogP) is 1.54. The fraction of sp³-hybridized carbons (Fsp3) is 0.667. The lowest BCUT2D eigenvalue weighted by molar-refractivity contribution is -0.134. The standard InChI is InChI=1S/C12H19N3OS/c1-8-11(17-7-14-8)6-15(2)12(16)9-4-3-5-10(9)13/h7,9-10H,3-6,13H2,1-2H3. The van der Waals surface area contributed by atoms with Crippen molar-refractivity contribution in [1.82, 2.24) is 9.88 Å². The number of carbonyl (C=O) groups excluding carboxylic acids is 1. The molecule has 1 fully saturated rings. The van der Waals surface area contributed by atoms with Crippen LogP contribution in [0.25, 0.3) is 0 Å². The number of amides is 1. The largest absolute Gasteiger partial charge is 0.340 e. The first-order valence-electron chi connectivity index (χ1n) is 5.99. The highest BCUT2D eigenvalue weighted by Gasteiger charge is 2.32. The van der Waals surface area contributed by atoms with E-state index in [0.717, 1.165) is 29.8 Å². The van der Waals surface area contributed by atoms with E-state index in [2.05, 4.69) is 4.98 Å². The van der Waals surface area contributed by atoms with Gasteiger partial charge in [0.25, 0.3) is 0 Å². The predicted molar refractivity (Wildman–Crippen MR) is 68.6 cm³/mol. The summed E-state index contributed by atoms with van der Waals surface area (Å²) in [5.74, 6) is 0.205. The minimum atomic E-state index is 0.0215. The molecule has 0 aromatic carbocycles. The number of hydrogen-bond acceptors (Lipinski definition) is 4. The third-order valence-corrected chi connectivity index (χ3v) is 4.41. The van der Waals surface area contributed by atoms with Crippen LogP contribution in [0.5, 0.6) is 0 Å². The van der Waals surface area contributed by atoms with Crippen LogP contribution < -0.4 is 5.73 Å². The first kappa shape index (κ1) is 12.5. The monoisotopic (exact) mass is 253 g/mol. The van der Waals surface area contributed by atoms with E-state index in [9.17, 15) is 4.79 Å². The number of carbonyl (C=O) groups is 1. The molecule has 17 heavy (non-hydrogen) atoms. The van der Waals surface area contributed by atoms with Crippen molar-refractivity contribution in [3.63, 3.8) is 0 Å². The molecule has 1 aliphatic carbocycles. The number of hydrogen-bond donors (Lipinski definition) is 1. The van der Waals surface area contributed by atoms with E-state index in [-0.39, 0.29) is 17.9 Å². The number of rotatable bonds is 3. The van der Waals surface area contributed by atoms with Gasteiger partial charge >= 0.3 is 0 Å². The Morgan fingerprint density at radius 3 is 2.94 bits per heavy atom. The lowest BCUT2D eigenvalue weighted by Gasteiger charge is -2.23. The Labute approximate surface area is 106 Å². The zero-order valence-electron chi connectivity index (χ0n) is 10.3. The highest BCUT2D eigenvalue weighted by molar-refractivity contribution is 7.09. The van der Waals surface area contributed by atoms with Crippen molar-refractivity contribution in [3.05, 3.63) is 16.1 Å². The molecule has 0 bridgehead atoms. The van der Waals surface area contributed by atoms with Gasteiger partial charge in [-0.05, 0) is 19.8 Å². The van der Waals surface area contributed by atoms with Gasteiger partial charge in [0, 0.05) is 18.0 Å². The summed E-state index contributed by atoms with van der Waals surface area (Å²) in [5.41, 5.74) is 8.81. The van der Waals surface area contributed by atoms with Gasteiger partial charge in [0.1, 0.15) is 0 Å². The van der Waals surface area contributed by atoms with Crippen molar-refractivity contribution in [2.75, 3.05) is 7.05 Å². The van der Waals surface area contributed by atoms with Gasteiger partial charge in [-0.2, -0.15) is 0 Å². The number of aryl methyl sites for hydroxylation is 1. The fourth-order valence-electron chi connectivity index (χ4n) is 2.35. The Morgan fingerprint density at radius 2 is 2.41 bits per heavy atom. The van der Waals surface area contributed by atoms with Gasteiger partial charge < -0.3 is 10.6 Å². The topological polar surface area (TPSA) is 59.2 Å². The molecule has 1 aromatic heterocycles. The average Bonchev–Trinajstić information content (AvgIpc) is 2.88.